The number of nitrogens with zero attached hydrogens (tertiary/aromatic N) is 1. The van der Waals surface area contributed by atoms with Crippen molar-refractivity contribution in [2.24, 2.45) is 5.41 Å². The highest BCUT2D eigenvalue weighted by Gasteiger charge is 2.44. The fourth-order valence-electron chi connectivity index (χ4n) is 2.14. The van der Waals surface area contributed by atoms with Crippen LogP contribution >= 0.6 is 23.1 Å². The van der Waals surface area contributed by atoms with Crippen LogP contribution < -0.4 is 0 Å². The molecule has 0 aliphatic heterocycles. The summed E-state index contributed by atoms with van der Waals surface area (Å²) in [5, 5.41) is 4.08. The molecule has 1 fully saturated rings. The lowest BCUT2D eigenvalue weighted by molar-refractivity contribution is -0.141. The molecule has 4 nitrogen and oxygen atoms in total. The summed E-state index contributed by atoms with van der Waals surface area (Å²) in [6, 6.07) is 2.04. The maximum atomic E-state index is 12.1. The van der Waals surface area contributed by atoms with Crippen LogP contribution in [0.25, 0.3) is 0 Å². The Morgan fingerprint density at radius 1 is 1.48 bits per heavy atom. The number of carbonyl (C=O) groups is 2. The van der Waals surface area contributed by atoms with E-state index >= 15 is 0 Å². The molecule has 0 radical (unpaired) electrons. The van der Waals surface area contributed by atoms with E-state index in [1.54, 1.807) is 28.0 Å². The maximum absolute atomic E-state index is 12.1. The van der Waals surface area contributed by atoms with Crippen molar-refractivity contribution in [3.05, 3.63) is 22.4 Å². The van der Waals surface area contributed by atoms with Gasteiger partial charge in [0.15, 0.2) is 0 Å². The minimum atomic E-state index is -0.144. The van der Waals surface area contributed by atoms with Crippen molar-refractivity contribution in [3.63, 3.8) is 0 Å². The highest BCUT2D eigenvalue weighted by molar-refractivity contribution is 7.99. The molecule has 1 aliphatic carbocycles. The number of rotatable bonds is 8. The van der Waals surface area contributed by atoms with Crippen LogP contribution in [0.2, 0.25) is 0 Å². The Balaban J connectivity index is 1.68. The SMILES string of the molecule is COC(=O)CC1(CSCC(=O)N(C)Cc2ccsc2)CC1. The Labute approximate surface area is 133 Å². The highest BCUT2D eigenvalue weighted by atomic mass is 32.2. The van der Waals surface area contributed by atoms with Crippen molar-refractivity contribution in [1.29, 1.82) is 0 Å². The topological polar surface area (TPSA) is 46.6 Å². The van der Waals surface area contributed by atoms with E-state index in [0.29, 0.717) is 18.7 Å². The quantitative estimate of drug-likeness (QED) is 0.689. The molecular weight excluding hydrogens is 306 g/mol. The number of methoxy groups -OCH3 is 1. The van der Waals surface area contributed by atoms with E-state index in [-0.39, 0.29) is 17.3 Å². The lowest BCUT2D eigenvalue weighted by atomic mass is 10.1. The second kappa shape index (κ2) is 7.31. The molecule has 1 aromatic heterocycles. The molecule has 116 valence electrons. The number of thiophene rings is 1. The van der Waals surface area contributed by atoms with Crippen molar-refractivity contribution in [2.75, 3.05) is 25.7 Å². The first kappa shape index (κ1) is 16.4. The van der Waals surface area contributed by atoms with E-state index in [0.717, 1.165) is 18.6 Å². The Morgan fingerprint density at radius 3 is 2.81 bits per heavy atom. The van der Waals surface area contributed by atoms with Gasteiger partial charge in [-0.25, -0.2) is 0 Å². The van der Waals surface area contributed by atoms with Crippen LogP contribution in [0.5, 0.6) is 0 Å². The number of carbonyl (C=O) groups excluding carboxylic acids is 2. The first-order chi connectivity index (χ1) is 10.0. The first-order valence-corrected chi connectivity index (χ1v) is 9.04. The number of esters is 1. The van der Waals surface area contributed by atoms with Gasteiger partial charge >= 0.3 is 5.97 Å². The van der Waals surface area contributed by atoms with Crippen LogP contribution in [-0.2, 0) is 20.9 Å². The molecule has 0 bridgehead atoms. The molecule has 1 heterocycles. The second-order valence-electron chi connectivity index (χ2n) is 5.63. The summed E-state index contributed by atoms with van der Waals surface area (Å²) in [7, 11) is 3.26. The molecule has 2 rings (SSSR count). The lowest BCUT2D eigenvalue weighted by Gasteiger charge is -2.17. The fourth-order valence-corrected chi connectivity index (χ4v) is 4.12. The van der Waals surface area contributed by atoms with Gasteiger partial charge in [-0.2, -0.15) is 23.1 Å². The average molecular weight is 327 g/mol. The van der Waals surface area contributed by atoms with Crippen LogP contribution in [0.3, 0.4) is 0 Å². The lowest BCUT2D eigenvalue weighted by Crippen LogP contribution is -2.28. The Hall–Kier alpha value is -1.01. The zero-order chi connectivity index (χ0) is 15.3. The summed E-state index contributed by atoms with van der Waals surface area (Å²) >= 11 is 3.27. The Bertz CT molecular complexity index is 483. The van der Waals surface area contributed by atoms with E-state index in [4.69, 9.17) is 4.74 Å². The van der Waals surface area contributed by atoms with Gasteiger partial charge in [0.1, 0.15) is 0 Å². The van der Waals surface area contributed by atoms with Crippen molar-refractivity contribution in [1.82, 2.24) is 4.90 Å². The summed E-state index contributed by atoms with van der Waals surface area (Å²) in [4.78, 5) is 25.2. The number of thioether (sulfide) groups is 1. The van der Waals surface area contributed by atoms with Gasteiger partial charge in [0.25, 0.3) is 0 Å². The van der Waals surface area contributed by atoms with Crippen molar-refractivity contribution in [2.45, 2.75) is 25.8 Å². The molecule has 1 saturated carbocycles. The molecule has 1 aliphatic rings. The van der Waals surface area contributed by atoms with Gasteiger partial charge in [0.2, 0.25) is 5.91 Å². The van der Waals surface area contributed by atoms with Gasteiger partial charge in [0.05, 0.1) is 19.3 Å². The molecule has 0 unspecified atom stereocenters. The fraction of sp³-hybridized carbons (Fsp3) is 0.600. The van der Waals surface area contributed by atoms with Crippen LogP contribution in [0.1, 0.15) is 24.8 Å². The molecule has 21 heavy (non-hydrogen) atoms. The maximum Gasteiger partial charge on any atom is 0.306 e. The zero-order valence-electron chi connectivity index (χ0n) is 12.5. The summed E-state index contributed by atoms with van der Waals surface area (Å²) in [5.41, 5.74) is 1.26. The number of amides is 1. The minimum Gasteiger partial charge on any atom is -0.469 e. The van der Waals surface area contributed by atoms with E-state index in [1.807, 2.05) is 18.5 Å². The molecule has 0 N–H and O–H groups in total. The van der Waals surface area contributed by atoms with E-state index in [1.165, 1.54) is 12.7 Å². The molecule has 0 saturated heterocycles. The second-order valence-corrected chi connectivity index (χ2v) is 7.39. The highest BCUT2D eigenvalue weighted by Crippen LogP contribution is 2.51. The van der Waals surface area contributed by atoms with Gasteiger partial charge in [-0.1, -0.05) is 0 Å². The summed E-state index contributed by atoms with van der Waals surface area (Å²) < 4.78 is 4.73. The first-order valence-electron chi connectivity index (χ1n) is 6.94. The molecule has 0 atom stereocenters. The third-order valence-electron chi connectivity index (χ3n) is 3.76. The number of hydrogen-bond acceptors (Lipinski definition) is 5. The summed E-state index contributed by atoms with van der Waals surface area (Å²) in [6.45, 7) is 0.663. The smallest absolute Gasteiger partial charge is 0.306 e. The molecule has 1 aromatic rings. The van der Waals surface area contributed by atoms with Gasteiger partial charge in [0, 0.05) is 13.6 Å². The van der Waals surface area contributed by atoms with Crippen molar-refractivity contribution in [3.8, 4) is 0 Å². The molecular formula is C15H21NO3S2. The van der Waals surface area contributed by atoms with Gasteiger partial charge in [-0.3, -0.25) is 9.59 Å². The molecule has 6 heteroatoms. The predicted molar refractivity (Wildman–Crippen MR) is 86.4 cm³/mol. The Kier molecular flexibility index (Phi) is 5.70. The molecule has 1 amide bonds. The normalized spacial score (nSPS) is 15.5. The molecule has 0 aromatic carbocycles. The standard InChI is InChI=1S/C15H21NO3S2/c1-16(8-12-3-6-20-9-12)13(17)10-21-11-15(4-5-15)7-14(18)19-2/h3,6,9H,4-5,7-8,10-11H2,1-2H3. The van der Waals surface area contributed by atoms with E-state index < -0.39 is 0 Å². The summed E-state index contributed by atoms with van der Waals surface area (Å²) in [5.74, 6) is 1.33. The van der Waals surface area contributed by atoms with Crippen LogP contribution in [0.15, 0.2) is 16.8 Å². The number of hydrogen-bond donors (Lipinski definition) is 0. The monoisotopic (exact) mass is 327 g/mol. The zero-order valence-corrected chi connectivity index (χ0v) is 14.1. The van der Waals surface area contributed by atoms with Gasteiger partial charge in [-0.15, -0.1) is 0 Å². The predicted octanol–water partition coefficient (Wildman–Crippen LogP) is 2.78. The van der Waals surface area contributed by atoms with Gasteiger partial charge in [-0.05, 0) is 46.4 Å². The minimum absolute atomic E-state index is 0.0873. The van der Waals surface area contributed by atoms with E-state index in [2.05, 4.69) is 5.38 Å². The summed E-state index contributed by atoms with van der Waals surface area (Å²) in [6.07, 6.45) is 2.61. The number of ether oxygens (including phenoxy) is 1. The van der Waals surface area contributed by atoms with Crippen molar-refractivity contribution < 1.29 is 14.3 Å². The van der Waals surface area contributed by atoms with Crippen LogP contribution in [0, 0.1) is 5.41 Å². The largest absolute Gasteiger partial charge is 0.469 e. The van der Waals surface area contributed by atoms with Gasteiger partial charge < -0.3 is 9.64 Å². The van der Waals surface area contributed by atoms with Crippen molar-refractivity contribution >= 4 is 35.0 Å². The van der Waals surface area contributed by atoms with E-state index in [9.17, 15) is 9.59 Å². The van der Waals surface area contributed by atoms with Crippen LogP contribution in [0.4, 0.5) is 0 Å². The third kappa shape index (κ3) is 5.04. The van der Waals surface area contributed by atoms with Crippen LogP contribution in [-0.4, -0.2) is 42.4 Å². The Morgan fingerprint density at radius 2 is 2.24 bits per heavy atom. The third-order valence-corrected chi connectivity index (χ3v) is 5.76. The average Bonchev–Trinajstić information content (AvgIpc) is 3.01. The molecule has 0 spiro atoms.